The van der Waals surface area contributed by atoms with Crippen LogP contribution in [0.3, 0.4) is 0 Å². The molecule has 1 aliphatic heterocycles. The first-order valence-electron chi connectivity index (χ1n) is 5.80. The van der Waals surface area contributed by atoms with Crippen molar-refractivity contribution >= 4 is 23.4 Å². The molecule has 0 amide bonds. The van der Waals surface area contributed by atoms with E-state index >= 15 is 0 Å². The van der Waals surface area contributed by atoms with E-state index in [0.717, 1.165) is 18.9 Å². The van der Waals surface area contributed by atoms with Gasteiger partial charge in [0.15, 0.2) is 5.69 Å². The molecular formula is C12H11ClN4O2. The van der Waals surface area contributed by atoms with Crippen molar-refractivity contribution in [3.8, 4) is 0 Å². The van der Waals surface area contributed by atoms with Gasteiger partial charge < -0.3 is 14.6 Å². The van der Waals surface area contributed by atoms with Gasteiger partial charge in [-0.2, -0.15) is 0 Å². The highest BCUT2D eigenvalue weighted by molar-refractivity contribution is 6.33. The number of hydrogen-bond acceptors (Lipinski definition) is 4. The highest BCUT2D eigenvalue weighted by atomic mass is 35.5. The van der Waals surface area contributed by atoms with E-state index in [9.17, 15) is 4.79 Å². The molecule has 0 unspecified atom stereocenters. The molecule has 0 fully saturated rings. The summed E-state index contributed by atoms with van der Waals surface area (Å²) in [5.74, 6) is 0.432. The third kappa shape index (κ3) is 2.15. The third-order valence-electron chi connectivity index (χ3n) is 3.10. The monoisotopic (exact) mass is 278 g/mol. The average molecular weight is 279 g/mol. The first-order chi connectivity index (χ1) is 9.15. The predicted molar refractivity (Wildman–Crippen MR) is 69.5 cm³/mol. The number of hydrogen-bond donors (Lipinski definition) is 1. The van der Waals surface area contributed by atoms with E-state index < -0.39 is 5.97 Å². The zero-order valence-electron chi connectivity index (χ0n) is 9.95. The zero-order valence-corrected chi connectivity index (χ0v) is 10.7. The number of pyridine rings is 1. The Labute approximate surface area is 114 Å². The Morgan fingerprint density at radius 2 is 2.21 bits per heavy atom. The van der Waals surface area contributed by atoms with Gasteiger partial charge in [0.1, 0.15) is 11.6 Å². The molecule has 1 aliphatic rings. The van der Waals surface area contributed by atoms with Crippen molar-refractivity contribution < 1.29 is 9.90 Å². The summed E-state index contributed by atoms with van der Waals surface area (Å²) in [6.07, 6.45) is 3.70. The molecule has 3 rings (SSSR count). The van der Waals surface area contributed by atoms with Crippen molar-refractivity contribution in [2.75, 3.05) is 11.4 Å². The standard InChI is InChI=1S/C12H11ClN4O2/c13-8-1-2-9(15-11(8)12(18)19)17-6-5-16-4-3-14-10(16)7-17/h1-4H,5-7H2,(H,18,19). The lowest BCUT2D eigenvalue weighted by Gasteiger charge is -2.28. The van der Waals surface area contributed by atoms with Crippen molar-refractivity contribution in [2.45, 2.75) is 13.1 Å². The van der Waals surface area contributed by atoms with Gasteiger partial charge in [0.2, 0.25) is 0 Å². The van der Waals surface area contributed by atoms with Crippen LogP contribution in [0.1, 0.15) is 16.3 Å². The number of carbonyl (C=O) groups is 1. The summed E-state index contributed by atoms with van der Waals surface area (Å²) in [5, 5.41) is 9.18. The van der Waals surface area contributed by atoms with Gasteiger partial charge in [-0.1, -0.05) is 11.6 Å². The molecule has 2 aromatic heterocycles. The van der Waals surface area contributed by atoms with Crippen molar-refractivity contribution in [2.24, 2.45) is 0 Å². The second-order valence-electron chi connectivity index (χ2n) is 4.26. The number of fused-ring (bicyclic) bond motifs is 1. The van der Waals surface area contributed by atoms with Crippen LogP contribution in [0.4, 0.5) is 5.82 Å². The Kier molecular flexibility index (Phi) is 2.87. The molecule has 0 radical (unpaired) electrons. The molecule has 1 N–H and O–H groups in total. The minimum atomic E-state index is -1.12. The smallest absolute Gasteiger partial charge is 0.356 e. The van der Waals surface area contributed by atoms with Gasteiger partial charge in [0.25, 0.3) is 0 Å². The fourth-order valence-corrected chi connectivity index (χ4v) is 2.31. The molecule has 0 aliphatic carbocycles. The molecule has 6 nitrogen and oxygen atoms in total. The van der Waals surface area contributed by atoms with Crippen molar-refractivity contribution in [3.05, 3.63) is 41.1 Å². The summed E-state index contributed by atoms with van der Waals surface area (Å²) >= 11 is 5.82. The summed E-state index contributed by atoms with van der Waals surface area (Å²) < 4.78 is 2.07. The Hall–Kier alpha value is -2.08. The lowest BCUT2D eigenvalue weighted by molar-refractivity contribution is 0.0691. The molecule has 0 saturated heterocycles. The van der Waals surface area contributed by atoms with Gasteiger partial charge in [-0.3, -0.25) is 0 Å². The number of carboxylic acid groups (broad SMARTS) is 1. The van der Waals surface area contributed by atoms with Crippen LogP contribution in [0.5, 0.6) is 0 Å². The summed E-state index contributed by atoms with van der Waals surface area (Å²) in [4.78, 5) is 21.4. The zero-order chi connectivity index (χ0) is 13.4. The van der Waals surface area contributed by atoms with Crippen LogP contribution in [0.15, 0.2) is 24.5 Å². The van der Waals surface area contributed by atoms with Crippen LogP contribution in [-0.4, -0.2) is 32.2 Å². The Morgan fingerprint density at radius 1 is 1.37 bits per heavy atom. The third-order valence-corrected chi connectivity index (χ3v) is 3.41. The number of halogens is 1. The highest BCUT2D eigenvalue weighted by Crippen LogP contribution is 2.22. The summed E-state index contributed by atoms with van der Waals surface area (Å²) in [5.41, 5.74) is -0.118. The van der Waals surface area contributed by atoms with Gasteiger partial charge in [-0.15, -0.1) is 0 Å². The van der Waals surface area contributed by atoms with E-state index in [1.807, 2.05) is 11.1 Å². The van der Waals surface area contributed by atoms with Crippen LogP contribution < -0.4 is 4.90 Å². The van der Waals surface area contributed by atoms with Crippen molar-refractivity contribution in [3.63, 3.8) is 0 Å². The number of aromatic nitrogens is 3. The van der Waals surface area contributed by atoms with Gasteiger partial charge in [0, 0.05) is 25.5 Å². The first-order valence-corrected chi connectivity index (χ1v) is 6.18. The molecule has 3 heterocycles. The molecule has 0 bridgehead atoms. The maximum Gasteiger partial charge on any atom is 0.356 e. The number of anilines is 1. The summed E-state index contributed by atoms with van der Waals surface area (Å²) in [6, 6.07) is 3.29. The number of rotatable bonds is 2. The first kappa shape index (κ1) is 12.0. The van der Waals surface area contributed by atoms with Gasteiger partial charge in [-0.25, -0.2) is 14.8 Å². The maximum atomic E-state index is 11.0. The molecule has 0 saturated carbocycles. The van der Waals surface area contributed by atoms with Crippen LogP contribution in [0.25, 0.3) is 0 Å². The van der Waals surface area contributed by atoms with Crippen LogP contribution in [0, 0.1) is 0 Å². The molecule has 98 valence electrons. The SMILES string of the molecule is O=C(O)c1nc(N2CCn3ccnc3C2)ccc1Cl. The normalized spacial score (nSPS) is 14.3. The molecule has 0 spiro atoms. The van der Waals surface area contributed by atoms with Gasteiger partial charge in [0.05, 0.1) is 11.6 Å². The van der Waals surface area contributed by atoms with Gasteiger partial charge >= 0.3 is 5.97 Å². The molecule has 19 heavy (non-hydrogen) atoms. The van der Waals surface area contributed by atoms with E-state index in [2.05, 4.69) is 14.5 Å². The van der Waals surface area contributed by atoms with E-state index in [0.29, 0.717) is 12.4 Å². The van der Waals surface area contributed by atoms with Crippen molar-refractivity contribution in [1.82, 2.24) is 14.5 Å². The molecule has 0 aromatic carbocycles. The lowest BCUT2D eigenvalue weighted by Crippen LogP contribution is -2.34. The number of nitrogens with zero attached hydrogens (tertiary/aromatic N) is 4. The second kappa shape index (κ2) is 4.55. The van der Waals surface area contributed by atoms with E-state index in [1.165, 1.54) is 0 Å². The summed E-state index contributed by atoms with van der Waals surface area (Å²) in [7, 11) is 0. The minimum Gasteiger partial charge on any atom is -0.476 e. The molecule has 2 aromatic rings. The number of imidazole rings is 1. The predicted octanol–water partition coefficient (Wildman–Crippen LogP) is 1.65. The molecular weight excluding hydrogens is 268 g/mol. The fraction of sp³-hybridized carbons (Fsp3) is 0.250. The topological polar surface area (TPSA) is 71.2 Å². The summed E-state index contributed by atoms with van der Waals surface area (Å²) in [6.45, 7) is 2.18. The van der Waals surface area contributed by atoms with E-state index in [-0.39, 0.29) is 10.7 Å². The van der Waals surface area contributed by atoms with Crippen LogP contribution in [0.2, 0.25) is 5.02 Å². The quantitative estimate of drug-likeness (QED) is 0.904. The Morgan fingerprint density at radius 3 is 3.00 bits per heavy atom. The lowest BCUT2D eigenvalue weighted by atomic mass is 10.3. The Bertz CT molecular complexity index is 640. The second-order valence-corrected chi connectivity index (χ2v) is 4.67. The minimum absolute atomic E-state index is 0.118. The molecule has 0 atom stereocenters. The number of carboxylic acids is 1. The van der Waals surface area contributed by atoms with Crippen LogP contribution in [-0.2, 0) is 13.1 Å². The fourth-order valence-electron chi connectivity index (χ4n) is 2.13. The van der Waals surface area contributed by atoms with E-state index in [4.69, 9.17) is 16.7 Å². The Balaban J connectivity index is 1.92. The largest absolute Gasteiger partial charge is 0.476 e. The molecule has 7 heteroatoms. The number of aromatic carboxylic acids is 1. The average Bonchev–Trinajstić information content (AvgIpc) is 2.86. The van der Waals surface area contributed by atoms with Gasteiger partial charge in [-0.05, 0) is 12.1 Å². The van der Waals surface area contributed by atoms with E-state index in [1.54, 1.807) is 18.3 Å². The van der Waals surface area contributed by atoms with Crippen molar-refractivity contribution in [1.29, 1.82) is 0 Å². The maximum absolute atomic E-state index is 11.0. The van der Waals surface area contributed by atoms with Crippen LogP contribution >= 0.6 is 11.6 Å². The highest BCUT2D eigenvalue weighted by Gasteiger charge is 2.20.